The number of amides is 1. The molecule has 20 heavy (non-hydrogen) atoms. The lowest BCUT2D eigenvalue weighted by Gasteiger charge is -2.40. The molecule has 0 spiro atoms. The van der Waals surface area contributed by atoms with Gasteiger partial charge in [0, 0.05) is 29.6 Å². The highest BCUT2D eigenvalue weighted by Gasteiger charge is 2.29. The van der Waals surface area contributed by atoms with Crippen LogP contribution in [0.2, 0.25) is 0 Å². The number of piperazine rings is 1. The summed E-state index contributed by atoms with van der Waals surface area (Å²) in [5.41, 5.74) is 1.07. The Hall–Kier alpha value is -0.870. The van der Waals surface area contributed by atoms with Gasteiger partial charge in [0.2, 0.25) is 5.91 Å². The highest BCUT2D eigenvalue weighted by molar-refractivity contribution is 9.10. The third-order valence-corrected chi connectivity index (χ3v) is 4.52. The number of carbonyl (C=O) groups excluding carboxylic acids is 1. The van der Waals surface area contributed by atoms with E-state index in [4.69, 9.17) is 0 Å². The predicted octanol–water partition coefficient (Wildman–Crippen LogP) is 2.98. The van der Waals surface area contributed by atoms with Gasteiger partial charge in [0.05, 0.1) is 6.42 Å². The molecule has 1 aliphatic heterocycles. The van der Waals surface area contributed by atoms with Crippen LogP contribution < -0.4 is 5.32 Å². The summed E-state index contributed by atoms with van der Waals surface area (Å²) in [5, 5.41) is 3.53. The second-order valence-corrected chi connectivity index (χ2v) is 6.34. The van der Waals surface area contributed by atoms with Crippen LogP contribution >= 0.6 is 15.9 Å². The summed E-state index contributed by atoms with van der Waals surface area (Å²) in [5.74, 6) is 0.245. The predicted molar refractivity (Wildman–Crippen MR) is 85.7 cm³/mol. The minimum atomic E-state index is 0.245. The van der Waals surface area contributed by atoms with Gasteiger partial charge in [-0.15, -0.1) is 0 Å². The zero-order valence-electron chi connectivity index (χ0n) is 12.2. The summed E-state index contributed by atoms with van der Waals surface area (Å²) in [7, 11) is 0. The third kappa shape index (κ3) is 3.83. The Balaban J connectivity index is 2.05. The van der Waals surface area contributed by atoms with Crippen LogP contribution in [0, 0.1) is 0 Å². The van der Waals surface area contributed by atoms with Crippen LogP contribution in [-0.2, 0) is 11.2 Å². The zero-order valence-corrected chi connectivity index (χ0v) is 13.8. The van der Waals surface area contributed by atoms with Gasteiger partial charge in [0.25, 0.3) is 0 Å². The number of carbonyl (C=O) groups is 1. The van der Waals surface area contributed by atoms with Gasteiger partial charge in [-0.3, -0.25) is 4.79 Å². The highest BCUT2D eigenvalue weighted by Crippen LogP contribution is 2.16. The molecule has 3 nitrogen and oxygen atoms in total. The van der Waals surface area contributed by atoms with E-state index in [0.717, 1.165) is 36.0 Å². The van der Waals surface area contributed by atoms with Crippen molar-refractivity contribution in [3.63, 3.8) is 0 Å². The molecule has 1 saturated heterocycles. The minimum Gasteiger partial charge on any atom is -0.337 e. The first-order valence-corrected chi connectivity index (χ1v) is 8.20. The van der Waals surface area contributed by atoms with E-state index in [-0.39, 0.29) is 5.91 Å². The number of hydrogen-bond donors (Lipinski definition) is 1. The number of benzene rings is 1. The molecule has 0 saturated carbocycles. The van der Waals surface area contributed by atoms with Gasteiger partial charge in [-0.05, 0) is 30.5 Å². The molecule has 1 heterocycles. The van der Waals surface area contributed by atoms with Gasteiger partial charge in [-0.2, -0.15) is 0 Å². The molecule has 1 N–H and O–H groups in total. The van der Waals surface area contributed by atoms with Crippen LogP contribution in [-0.4, -0.2) is 36.0 Å². The Morgan fingerprint density at radius 1 is 1.40 bits per heavy atom. The SMILES string of the molecule is CCC1CN(C(=O)Cc2cccc(Br)c2)C(CC)CN1. The van der Waals surface area contributed by atoms with Crippen LogP contribution in [0.3, 0.4) is 0 Å². The molecule has 1 aromatic rings. The summed E-state index contributed by atoms with van der Waals surface area (Å²) < 4.78 is 1.03. The third-order valence-electron chi connectivity index (χ3n) is 4.03. The van der Waals surface area contributed by atoms with Crippen molar-refractivity contribution >= 4 is 21.8 Å². The lowest BCUT2D eigenvalue weighted by atomic mass is 10.0. The summed E-state index contributed by atoms with van der Waals surface area (Å²) in [6.07, 6.45) is 2.57. The van der Waals surface area contributed by atoms with E-state index < -0.39 is 0 Å². The van der Waals surface area contributed by atoms with Gasteiger partial charge < -0.3 is 10.2 Å². The van der Waals surface area contributed by atoms with Gasteiger partial charge >= 0.3 is 0 Å². The number of nitrogens with one attached hydrogen (secondary N) is 1. The Bertz CT molecular complexity index is 464. The fraction of sp³-hybridized carbons (Fsp3) is 0.562. The summed E-state index contributed by atoms with van der Waals surface area (Å²) in [4.78, 5) is 14.7. The van der Waals surface area contributed by atoms with Gasteiger partial charge in [0.1, 0.15) is 0 Å². The molecule has 4 heteroatoms. The first kappa shape index (κ1) is 15.5. The van der Waals surface area contributed by atoms with E-state index in [1.165, 1.54) is 0 Å². The van der Waals surface area contributed by atoms with Crippen LogP contribution in [0.1, 0.15) is 32.3 Å². The van der Waals surface area contributed by atoms with Crippen molar-refractivity contribution in [1.82, 2.24) is 10.2 Å². The van der Waals surface area contributed by atoms with Crippen LogP contribution in [0.15, 0.2) is 28.7 Å². The van der Waals surface area contributed by atoms with Crippen molar-refractivity contribution in [1.29, 1.82) is 0 Å². The summed E-state index contributed by atoms with van der Waals surface area (Å²) in [6.45, 7) is 6.07. The lowest BCUT2D eigenvalue weighted by molar-refractivity contribution is -0.134. The summed E-state index contributed by atoms with van der Waals surface area (Å²) in [6, 6.07) is 8.78. The number of rotatable bonds is 4. The van der Waals surface area contributed by atoms with Crippen molar-refractivity contribution in [2.24, 2.45) is 0 Å². The van der Waals surface area contributed by atoms with Crippen molar-refractivity contribution < 1.29 is 4.79 Å². The molecule has 2 rings (SSSR count). The first-order valence-electron chi connectivity index (χ1n) is 7.41. The van der Waals surface area contributed by atoms with Crippen LogP contribution in [0.5, 0.6) is 0 Å². The second kappa shape index (κ2) is 7.23. The molecule has 1 amide bonds. The van der Waals surface area contributed by atoms with Gasteiger partial charge in [-0.1, -0.05) is 41.9 Å². The zero-order chi connectivity index (χ0) is 14.5. The maximum atomic E-state index is 12.6. The van der Waals surface area contributed by atoms with Gasteiger partial charge in [-0.25, -0.2) is 0 Å². The maximum Gasteiger partial charge on any atom is 0.227 e. The molecule has 1 aromatic carbocycles. The van der Waals surface area contributed by atoms with E-state index in [0.29, 0.717) is 18.5 Å². The molecule has 0 bridgehead atoms. The molecule has 1 aliphatic rings. The fourth-order valence-corrected chi connectivity index (χ4v) is 3.18. The molecule has 0 aliphatic carbocycles. The molecule has 1 fully saturated rings. The quantitative estimate of drug-likeness (QED) is 0.915. The van der Waals surface area contributed by atoms with E-state index in [2.05, 4.69) is 40.0 Å². The van der Waals surface area contributed by atoms with Crippen molar-refractivity contribution in [3.8, 4) is 0 Å². The molecular weight excluding hydrogens is 316 g/mol. The average molecular weight is 339 g/mol. The topological polar surface area (TPSA) is 32.3 Å². The smallest absolute Gasteiger partial charge is 0.227 e. The lowest BCUT2D eigenvalue weighted by Crippen LogP contribution is -2.58. The van der Waals surface area contributed by atoms with Crippen LogP contribution in [0.4, 0.5) is 0 Å². The normalized spacial score (nSPS) is 22.9. The van der Waals surface area contributed by atoms with E-state index in [1.54, 1.807) is 0 Å². The van der Waals surface area contributed by atoms with Crippen molar-refractivity contribution in [2.75, 3.05) is 13.1 Å². The maximum absolute atomic E-state index is 12.6. The minimum absolute atomic E-state index is 0.245. The second-order valence-electron chi connectivity index (χ2n) is 5.43. The molecule has 110 valence electrons. The Morgan fingerprint density at radius 2 is 2.20 bits per heavy atom. The summed E-state index contributed by atoms with van der Waals surface area (Å²) >= 11 is 3.46. The van der Waals surface area contributed by atoms with Crippen molar-refractivity contribution in [2.45, 2.75) is 45.2 Å². The highest BCUT2D eigenvalue weighted by atomic mass is 79.9. The number of halogens is 1. The Morgan fingerprint density at radius 3 is 2.85 bits per heavy atom. The Kier molecular flexibility index (Phi) is 5.61. The number of nitrogens with zero attached hydrogens (tertiary/aromatic N) is 1. The van der Waals surface area contributed by atoms with Crippen molar-refractivity contribution in [3.05, 3.63) is 34.3 Å². The first-order chi connectivity index (χ1) is 9.63. The number of hydrogen-bond acceptors (Lipinski definition) is 2. The van der Waals surface area contributed by atoms with E-state index in [9.17, 15) is 4.79 Å². The molecule has 2 atom stereocenters. The van der Waals surface area contributed by atoms with E-state index in [1.807, 2.05) is 24.3 Å². The standard InChI is InChI=1S/C16H23BrN2O/c1-3-14-11-19(15(4-2)10-18-14)16(20)9-12-6-5-7-13(17)8-12/h5-8,14-15,18H,3-4,9-11H2,1-2H3. The Labute approximate surface area is 129 Å². The molecule has 0 aromatic heterocycles. The molecule has 0 radical (unpaired) electrons. The largest absolute Gasteiger partial charge is 0.337 e. The van der Waals surface area contributed by atoms with Gasteiger partial charge in [0.15, 0.2) is 0 Å². The molecular formula is C16H23BrN2O. The fourth-order valence-electron chi connectivity index (χ4n) is 2.73. The van der Waals surface area contributed by atoms with Crippen LogP contribution in [0.25, 0.3) is 0 Å². The average Bonchev–Trinajstić information content (AvgIpc) is 2.46. The van der Waals surface area contributed by atoms with E-state index >= 15 is 0 Å². The molecule has 2 unspecified atom stereocenters. The monoisotopic (exact) mass is 338 g/mol.